The van der Waals surface area contributed by atoms with E-state index in [2.05, 4.69) is 36.5 Å². The second kappa shape index (κ2) is 7.12. The minimum Gasteiger partial charge on any atom is -1.00 e. The first kappa shape index (κ1) is 15.5. The van der Waals surface area contributed by atoms with Crippen molar-refractivity contribution in [3.8, 4) is 0 Å². The molecule has 3 aliphatic carbocycles. The first-order chi connectivity index (χ1) is 7.43. The molecule has 3 aliphatic rings. The summed E-state index contributed by atoms with van der Waals surface area (Å²) in [5, 5.41) is 0. The summed E-state index contributed by atoms with van der Waals surface area (Å²) in [6.45, 7) is 0. The van der Waals surface area contributed by atoms with Gasteiger partial charge in [-0.15, -0.1) is 0 Å². The van der Waals surface area contributed by atoms with Gasteiger partial charge in [0.25, 0.3) is 0 Å². The van der Waals surface area contributed by atoms with Crippen LogP contribution in [0.15, 0.2) is 45.3 Å². The molecule has 1 saturated carbocycles. The van der Waals surface area contributed by atoms with Crippen LogP contribution in [0.5, 0.6) is 0 Å². The Balaban J connectivity index is 0.000000722. The summed E-state index contributed by atoms with van der Waals surface area (Å²) in [7, 11) is 0. The van der Waals surface area contributed by atoms with Crippen LogP contribution in [0.1, 0.15) is 25.7 Å². The van der Waals surface area contributed by atoms with Gasteiger partial charge in [0.15, 0.2) is 0 Å². The van der Waals surface area contributed by atoms with Crippen molar-refractivity contribution in [2.75, 3.05) is 0 Å². The summed E-state index contributed by atoms with van der Waals surface area (Å²) in [4.78, 5) is 0. The Labute approximate surface area is 128 Å². The van der Waals surface area contributed by atoms with Gasteiger partial charge in [-0.3, -0.25) is 0 Å². The Morgan fingerprint density at radius 2 is 1.82 bits per heavy atom. The molecule has 0 nitrogen and oxygen atoms in total. The van der Waals surface area contributed by atoms with Gasteiger partial charge >= 0.3 is 104 Å². The smallest absolute Gasteiger partial charge is 1.00 e. The van der Waals surface area contributed by atoms with Crippen LogP contribution in [0.4, 0.5) is 0 Å². The second-order valence-corrected chi connectivity index (χ2v) is 8.63. The molecule has 0 spiro atoms. The number of rotatable bonds is 2. The van der Waals surface area contributed by atoms with Crippen molar-refractivity contribution in [2.24, 2.45) is 5.92 Å². The van der Waals surface area contributed by atoms with E-state index in [1.165, 1.54) is 25.7 Å². The fourth-order valence-corrected chi connectivity index (χ4v) is 6.99. The van der Waals surface area contributed by atoms with E-state index >= 15 is 0 Å². The van der Waals surface area contributed by atoms with Gasteiger partial charge in [0.1, 0.15) is 0 Å². The molecule has 0 amide bonds. The molecule has 0 bridgehead atoms. The van der Waals surface area contributed by atoms with Crippen molar-refractivity contribution in [3.63, 3.8) is 0 Å². The first-order valence-corrected chi connectivity index (χ1v) is 8.57. The molecule has 0 aromatic heterocycles. The summed E-state index contributed by atoms with van der Waals surface area (Å²) in [6.07, 6.45) is 19.5. The van der Waals surface area contributed by atoms with Gasteiger partial charge in [-0.1, -0.05) is 0 Å². The minimum atomic E-state index is -0.299. The molecule has 0 aromatic carbocycles. The summed E-state index contributed by atoms with van der Waals surface area (Å²) >= 11 is -0.299. The van der Waals surface area contributed by atoms with Gasteiger partial charge in [0.2, 0.25) is 0 Å². The molecule has 0 N–H and O–H groups in total. The van der Waals surface area contributed by atoms with Gasteiger partial charge in [-0.05, 0) is 0 Å². The molecule has 0 heterocycles. The third-order valence-electron chi connectivity index (χ3n) is 3.65. The van der Waals surface area contributed by atoms with Gasteiger partial charge in [-0.25, -0.2) is 0 Å². The first-order valence-electron chi connectivity index (χ1n) is 5.92. The van der Waals surface area contributed by atoms with E-state index in [9.17, 15) is 0 Å². The van der Waals surface area contributed by atoms with E-state index in [1.807, 2.05) is 5.57 Å². The van der Waals surface area contributed by atoms with Gasteiger partial charge < -0.3 is 24.8 Å². The normalized spacial score (nSPS) is 28.5. The van der Waals surface area contributed by atoms with Crippen LogP contribution in [0, 0.1) is 5.92 Å². The van der Waals surface area contributed by atoms with E-state index in [4.69, 9.17) is 0 Å². The van der Waals surface area contributed by atoms with Crippen LogP contribution in [-0.2, 0) is 23.2 Å². The molecule has 2 atom stereocenters. The molecule has 0 saturated heterocycles. The summed E-state index contributed by atoms with van der Waals surface area (Å²) in [6, 6.07) is 0. The third kappa shape index (κ3) is 3.46. The Kier molecular flexibility index (Phi) is 6.48. The molecule has 2 unspecified atom stereocenters. The predicted molar refractivity (Wildman–Crippen MR) is 60.2 cm³/mol. The average molecular weight is 346 g/mol. The fourth-order valence-electron chi connectivity index (χ4n) is 2.85. The predicted octanol–water partition coefficient (Wildman–Crippen LogP) is -1.99. The van der Waals surface area contributed by atoms with Gasteiger partial charge in [-0.2, -0.15) is 0 Å². The minimum absolute atomic E-state index is 0. The van der Waals surface area contributed by atoms with Crippen LogP contribution in [-0.4, -0.2) is 0 Å². The number of fused-ring (bicyclic) bond motifs is 1. The monoisotopic (exact) mass is 344 g/mol. The Morgan fingerprint density at radius 1 is 1.00 bits per heavy atom. The van der Waals surface area contributed by atoms with Gasteiger partial charge in [0.05, 0.1) is 0 Å². The van der Waals surface area contributed by atoms with E-state index in [0.717, 1.165) is 9.54 Å². The van der Waals surface area contributed by atoms with Crippen molar-refractivity contribution < 1.29 is 48.0 Å². The number of halogens is 2. The standard InChI is InChI=1S/C9H11.C5H5.2ClH.Zr/c1-2-5-9-7-3-6-8(9)4-1;1-2-4-5-3-1;;;/h1-2,4,6,9H,3,5,7H2;1-3H,4H2;2*1H;/q;;;;+2/p-2. The Morgan fingerprint density at radius 3 is 2.59 bits per heavy atom. The maximum absolute atomic E-state index is 2.43. The number of hydrogen-bond acceptors (Lipinski definition) is 0. The van der Waals surface area contributed by atoms with Crippen LogP contribution in [0.25, 0.3) is 0 Å². The Hall–Kier alpha value is 0.423. The maximum atomic E-state index is 2.43. The summed E-state index contributed by atoms with van der Waals surface area (Å²) in [5.74, 6) is 0.927. The van der Waals surface area contributed by atoms with Crippen LogP contribution < -0.4 is 24.8 Å². The average Bonchev–Trinajstić information content (AvgIpc) is 2.89. The van der Waals surface area contributed by atoms with Crippen LogP contribution in [0.2, 0.25) is 3.63 Å². The molecule has 0 radical (unpaired) electrons. The number of hydrogen-bond donors (Lipinski definition) is 0. The van der Waals surface area contributed by atoms with E-state index in [-0.39, 0.29) is 48.0 Å². The van der Waals surface area contributed by atoms with Crippen molar-refractivity contribution in [2.45, 2.75) is 29.3 Å². The Bertz CT molecular complexity index is 380. The summed E-state index contributed by atoms with van der Waals surface area (Å²) in [5.41, 5.74) is 1.82. The molecule has 0 aliphatic heterocycles. The van der Waals surface area contributed by atoms with Crippen molar-refractivity contribution >= 4 is 0 Å². The van der Waals surface area contributed by atoms with Crippen molar-refractivity contribution in [1.82, 2.24) is 0 Å². The zero-order valence-corrected chi connectivity index (χ0v) is 13.7. The number of allylic oxidation sites excluding steroid dienone is 8. The zero-order valence-electron chi connectivity index (χ0n) is 9.70. The fraction of sp³-hybridized carbons (Fsp3) is 0.429. The molecule has 3 rings (SSSR count). The van der Waals surface area contributed by atoms with E-state index in [1.54, 1.807) is 3.28 Å². The van der Waals surface area contributed by atoms with Crippen LogP contribution >= 0.6 is 0 Å². The van der Waals surface area contributed by atoms with Crippen molar-refractivity contribution in [3.05, 3.63) is 45.3 Å². The maximum Gasteiger partial charge on any atom is -1.00 e. The van der Waals surface area contributed by atoms with Crippen molar-refractivity contribution in [1.29, 1.82) is 0 Å². The van der Waals surface area contributed by atoms with E-state index in [0.29, 0.717) is 0 Å². The van der Waals surface area contributed by atoms with Crippen LogP contribution in [0.3, 0.4) is 0 Å². The SMILES string of the molecule is C1=CC[C]([Zr+2][CH]2CCC3CC=CC=C32)=C1.[Cl-].[Cl-]. The largest absolute Gasteiger partial charge is 1.00 e. The molecule has 17 heavy (non-hydrogen) atoms. The van der Waals surface area contributed by atoms with E-state index < -0.39 is 0 Å². The molecule has 3 heteroatoms. The van der Waals surface area contributed by atoms with Gasteiger partial charge in [0, 0.05) is 0 Å². The summed E-state index contributed by atoms with van der Waals surface area (Å²) < 4.78 is 2.83. The zero-order chi connectivity index (χ0) is 10.1. The second-order valence-electron chi connectivity index (χ2n) is 4.63. The quantitative estimate of drug-likeness (QED) is 0.543. The third-order valence-corrected chi connectivity index (χ3v) is 7.86. The molecular weight excluding hydrogens is 330 g/mol. The topological polar surface area (TPSA) is 0 Å². The molecular formula is C14H16Cl2Zr. The molecule has 1 fully saturated rings. The molecule has 90 valence electrons. The molecule has 0 aromatic rings.